The average Bonchev–Trinajstić information content (AvgIpc) is 3.20. The van der Waals surface area contributed by atoms with Gasteiger partial charge in [0.2, 0.25) is 5.91 Å². The van der Waals surface area contributed by atoms with Gasteiger partial charge in [0, 0.05) is 13.7 Å². The summed E-state index contributed by atoms with van der Waals surface area (Å²) in [6.07, 6.45) is 0. The Morgan fingerprint density at radius 3 is 2.47 bits per heavy atom. The predicted molar refractivity (Wildman–Crippen MR) is 124 cm³/mol. The lowest BCUT2D eigenvalue weighted by Crippen LogP contribution is -2.45. The Bertz CT molecular complexity index is 1200. The average molecular weight is 488 g/mol. The van der Waals surface area contributed by atoms with Crippen LogP contribution < -0.4 is 21.7 Å². The van der Waals surface area contributed by atoms with E-state index in [1.54, 1.807) is 0 Å². The number of nitrogens with zero attached hydrogens (tertiary/aromatic N) is 2. The number of carbonyl (C=O) groups is 3. The molecule has 10 nitrogen and oxygen atoms in total. The Hall–Kier alpha value is -4.03. The summed E-state index contributed by atoms with van der Waals surface area (Å²) in [5.74, 6) is -3.28. The lowest BCUT2D eigenvalue weighted by Gasteiger charge is -2.31. The van der Waals surface area contributed by atoms with Crippen LogP contribution in [0.3, 0.4) is 0 Å². The molecule has 1 heterocycles. The third kappa shape index (κ3) is 5.13. The molecule has 0 saturated carbocycles. The second-order valence-corrected chi connectivity index (χ2v) is 7.82. The maximum atomic E-state index is 15.0. The number of nitrogens with two attached hydrogens (primary N) is 2. The van der Waals surface area contributed by atoms with E-state index >= 15 is 0 Å². The zero-order valence-electron chi connectivity index (χ0n) is 18.0. The van der Waals surface area contributed by atoms with Crippen molar-refractivity contribution in [3.63, 3.8) is 0 Å². The molecule has 3 rings (SSSR count). The summed E-state index contributed by atoms with van der Waals surface area (Å²) in [6, 6.07) is 9.56. The van der Waals surface area contributed by atoms with E-state index in [0.29, 0.717) is 11.5 Å². The number of methoxy groups -OCH3 is 1. The summed E-state index contributed by atoms with van der Waals surface area (Å²) in [4.78, 5) is 39.3. The number of phenolic OH excluding ortho intramolecular Hbond substituents is 1. The van der Waals surface area contributed by atoms with Crippen molar-refractivity contribution in [3.8, 4) is 5.75 Å². The van der Waals surface area contributed by atoms with Crippen molar-refractivity contribution in [2.75, 3.05) is 30.9 Å². The molecule has 1 aromatic heterocycles. The van der Waals surface area contributed by atoms with Gasteiger partial charge in [-0.1, -0.05) is 24.3 Å². The number of primary amides is 1. The maximum Gasteiger partial charge on any atom is 0.273 e. The predicted octanol–water partition coefficient (Wildman–Crippen LogP) is 1.82. The largest absolute Gasteiger partial charge is 0.508 e. The van der Waals surface area contributed by atoms with Crippen LogP contribution in [0.2, 0.25) is 0 Å². The third-order valence-corrected chi connectivity index (χ3v) is 5.66. The van der Waals surface area contributed by atoms with Crippen LogP contribution in [-0.2, 0) is 9.53 Å². The third-order valence-electron chi connectivity index (χ3n) is 4.81. The number of anilines is 2. The molecule has 0 fully saturated rings. The number of para-hydroxylation sites is 1. The maximum absolute atomic E-state index is 15.0. The highest BCUT2D eigenvalue weighted by atomic mass is 32.1. The quantitative estimate of drug-likeness (QED) is 0.335. The number of rotatable bonds is 9. The highest BCUT2D eigenvalue weighted by Gasteiger charge is 2.37. The first-order valence-corrected chi connectivity index (χ1v) is 10.7. The Morgan fingerprint density at radius 2 is 1.88 bits per heavy atom. The molecular formula is C22H22FN5O5S. The Morgan fingerprint density at radius 1 is 1.21 bits per heavy atom. The van der Waals surface area contributed by atoms with E-state index in [0.717, 1.165) is 11.0 Å². The first-order valence-electron chi connectivity index (χ1n) is 9.94. The summed E-state index contributed by atoms with van der Waals surface area (Å²) in [6.45, 7) is 0.323. The van der Waals surface area contributed by atoms with Crippen molar-refractivity contribution in [1.29, 1.82) is 0 Å². The first kappa shape index (κ1) is 24.6. The molecule has 0 aliphatic rings. The minimum Gasteiger partial charge on any atom is -0.508 e. The van der Waals surface area contributed by atoms with Gasteiger partial charge in [0.05, 0.1) is 18.0 Å². The van der Waals surface area contributed by atoms with E-state index in [1.165, 1.54) is 49.6 Å². The van der Waals surface area contributed by atoms with Gasteiger partial charge in [-0.2, -0.15) is 4.37 Å². The lowest BCUT2D eigenvalue weighted by molar-refractivity contribution is -0.122. The van der Waals surface area contributed by atoms with Crippen molar-refractivity contribution in [2.45, 2.75) is 6.04 Å². The summed E-state index contributed by atoms with van der Waals surface area (Å²) in [5, 5.41) is 12.4. The van der Waals surface area contributed by atoms with E-state index in [2.05, 4.69) is 9.69 Å². The van der Waals surface area contributed by atoms with Gasteiger partial charge >= 0.3 is 0 Å². The molecular weight excluding hydrogens is 465 g/mol. The molecule has 2 aromatic carbocycles. The molecule has 0 radical (unpaired) electrons. The minimum atomic E-state index is -1.37. The number of amides is 3. The number of halogens is 1. The van der Waals surface area contributed by atoms with E-state index in [4.69, 9.17) is 16.2 Å². The van der Waals surface area contributed by atoms with Gasteiger partial charge in [-0.3, -0.25) is 19.3 Å². The molecule has 0 aliphatic carbocycles. The molecule has 6 N–H and O–H groups in total. The van der Waals surface area contributed by atoms with Crippen LogP contribution in [-0.4, -0.2) is 47.5 Å². The summed E-state index contributed by atoms with van der Waals surface area (Å²) < 4.78 is 23.8. The minimum absolute atomic E-state index is 0.0659. The molecule has 1 unspecified atom stereocenters. The zero-order chi connectivity index (χ0) is 24.8. The van der Waals surface area contributed by atoms with Crippen LogP contribution >= 0.6 is 11.5 Å². The lowest BCUT2D eigenvalue weighted by atomic mass is 10.0. The van der Waals surface area contributed by atoms with E-state index in [-0.39, 0.29) is 46.4 Å². The molecule has 178 valence electrons. The van der Waals surface area contributed by atoms with Crippen LogP contribution in [0, 0.1) is 5.82 Å². The van der Waals surface area contributed by atoms with Crippen LogP contribution in [0.1, 0.15) is 31.8 Å². The molecule has 34 heavy (non-hydrogen) atoms. The van der Waals surface area contributed by atoms with Gasteiger partial charge in [0.25, 0.3) is 11.8 Å². The normalized spacial score (nSPS) is 11.6. The van der Waals surface area contributed by atoms with Crippen molar-refractivity contribution in [1.82, 2.24) is 9.69 Å². The van der Waals surface area contributed by atoms with Crippen molar-refractivity contribution in [3.05, 3.63) is 70.5 Å². The van der Waals surface area contributed by atoms with Crippen LogP contribution in [0.25, 0.3) is 0 Å². The summed E-state index contributed by atoms with van der Waals surface area (Å²) in [5.41, 5.74) is 10.7. The highest BCUT2D eigenvalue weighted by Crippen LogP contribution is 2.34. The number of carbonyl (C=O) groups excluding carboxylic acids is 3. The van der Waals surface area contributed by atoms with E-state index in [1.807, 2.05) is 0 Å². The number of benzene rings is 2. The van der Waals surface area contributed by atoms with E-state index in [9.17, 15) is 23.9 Å². The number of aromatic nitrogens is 1. The molecule has 0 spiro atoms. The number of hydrogen-bond acceptors (Lipinski definition) is 8. The number of aromatic hydroxyl groups is 1. The fraction of sp³-hybridized carbons (Fsp3) is 0.182. The SMILES string of the molecule is COCCNC(=O)C(c1ccc(O)cc1)N(C(=O)c1snc(C(N)=O)c1N)c1ccccc1F. The fourth-order valence-corrected chi connectivity index (χ4v) is 3.94. The molecule has 3 aromatic rings. The molecule has 0 aliphatic heterocycles. The summed E-state index contributed by atoms with van der Waals surface area (Å²) in [7, 11) is 1.46. The molecule has 0 bridgehead atoms. The van der Waals surface area contributed by atoms with Gasteiger partial charge in [0.15, 0.2) is 5.69 Å². The van der Waals surface area contributed by atoms with Gasteiger partial charge in [-0.25, -0.2) is 4.39 Å². The topological polar surface area (TPSA) is 161 Å². The van der Waals surface area contributed by atoms with Gasteiger partial charge in [-0.15, -0.1) is 0 Å². The van der Waals surface area contributed by atoms with Gasteiger partial charge < -0.3 is 26.6 Å². The van der Waals surface area contributed by atoms with Gasteiger partial charge in [-0.05, 0) is 41.4 Å². The monoisotopic (exact) mass is 487 g/mol. The fourth-order valence-electron chi connectivity index (χ4n) is 3.20. The van der Waals surface area contributed by atoms with Crippen molar-refractivity contribution in [2.24, 2.45) is 5.73 Å². The Labute approximate surface area is 198 Å². The van der Waals surface area contributed by atoms with Crippen LogP contribution in [0.5, 0.6) is 5.75 Å². The molecule has 12 heteroatoms. The van der Waals surface area contributed by atoms with E-state index < -0.39 is 29.6 Å². The van der Waals surface area contributed by atoms with Crippen LogP contribution in [0.15, 0.2) is 48.5 Å². The molecule has 1 atom stereocenters. The van der Waals surface area contributed by atoms with Gasteiger partial charge in [0.1, 0.15) is 22.5 Å². The number of nitrogen functional groups attached to an aromatic ring is 1. The zero-order valence-corrected chi connectivity index (χ0v) is 18.8. The number of hydrogen-bond donors (Lipinski definition) is 4. The standard InChI is InChI=1S/C22H22FN5O5S/c1-33-11-10-26-21(31)18(12-6-8-13(29)9-7-12)28(15-5-3-2-4-14(15)23)22(32)19-16(24)17(20(25)30)27-34-19/h2-9,18,29H,10-11,24H2,1H3,(H2,25,30)(H,26,31). The second-order valence-electron chi connectivity index (χ2n) is 7.04. The Balaban J connectivity index is 2.19. The van der Waals surface area contributed by atoms with Crippen LogP contribution in [0.4, 0.5) is 15.8 Å². The second kappa shape index (κ2) is 10.7. The first-order chi connectivity index (χ1) is 16.3. The number of phenols is 1. The van der Waals surface area contributed by atoms with Crippen molar-refractivity contribution < 1.29 is 28.6 Å². The molecule has 0 saturated heterocycles. The number of nitrogens with one attached hydrogen (secondary N) is 1. The Kier molecular flexibility index (Phi) is 7.76. The highest BCUT2D eigenvalue weighted by molar-refractivity contribution is 7.09. The van der Waals surface area contributed by atoms with Crippen molar-refractivity contribution >= 4 is 40.6 Å². The number of ether oxygens (including phenoxy) is 1. The summed E-state index contributed by atoms with van der Waals surface area (Å²) >= 11 is 0.609. The smallest absolute Gasteiger partial charge is 0.273 e. The molecule has 3 amide bonds.